The molecule has 3 atom stereocenters. The topological polar surface area (TPSA) is 216 Å². The van der Waals surface area contributed by atoms with Gasteiger partial charge < -0.3 is 49.8 Å². The lowest BCUT2D eigenvalue weighted by atomic mass is 9.83. The number of likely N-dealkylation sites (N-methyl/N-ethyl adjacent to an activating group) is 1. The van der Waals surface area contributed by atoms with Gasteiger partial charge in [0.1, 0.15) is 34.4 Å². The number of aromatic nitrogens is 4. The largest absolute Gasteiger partial charge is 0.497 e. The molecule has 2 fully saturated rings. The van der Waals surface area contributed by atoms with E-state index < -0.39 is 24.0 Å². The number of hydrogen-bond acceptors (Lipinski definition) is 13. The van der Waals surface area contributed by atoms with Gasteiger partial charge in [0.15, 0.2) is 5.82 Å². The van der Waals surface area contributed by atoms with Crippen LogP contribution in [0.4, 0.5) is 0 Å². The van der Waals surface area contributed by atoms with Crippen LogP contribution in [-0.2, 0) is 30.9 Å². The van der Waals surface area contributed by atoms with Crippen molar-refractivity contribution in [1.29, 1.82) is 0 Å². The van der Waals surface area contributed by atoms with Gasteiger partial charge in [-0.2, -0.15) is 0 Å². The molecule has 21 heteroatoms. The lowest BCUT2D eigenvalue weighted by Gasteiger charge is -2.39. The Balaban J connectivity index is 0.812. The molecule has 0 bridgehead atoms. The number of aliphatic imine (C=N–C) groups is 1. The molecule has 2 aliphatic heterocycles. The molecule has 396 valence electrons. The Hall–Kier alpha value is -6.19. The van der Waals surface area contributed by atoms with Crippen LogP contribution in [0.5, 0.6) is 5.75 Å². The summed E-state index contributed by atoms with van der Waals surface area (Å²) in [7, 11) is 5.03. The number of carbonyl (C=O) groups excluding carboxylic acids is 5. The van der Waals surface area contributed by atoms with E-state index in [4.69, 9.17) is 30.8 Å². The summed E-state index contributed by atoms with van der Waals surface area (Å²) in [6.45, 7) is 10.4. The zero-order valence-corrected chi connectivity index (χ0v) is 44.9. The molecule has 5 aromatic rings. The van der Waals surface area contributed by atoms with Crippen LogP contribution in [0.2, 0.25) is 5.02 Å². The zero-order valence-electron chi connectivity index (χ0n) is 43.3. The summed E-state index contributed by atoms with van der Waals surface area (Å²) in [6.07, 6.45) is 4.96. The highest BCUT2D eigenvalue weighted by Crippen LogP contribution is 2.40. The maximum Gasteiger partial charge on any atom is 0.271 e. The van der Waals surface area contributed by atoms with Crippen molar-refractivity contribution in [3.05, 3.63) is 92.0 Å². The maximum atomic E-state index is 14.5. The molecule has 1 saturated carbocycles. The number of benzene rings is 2. The third kappa shape index (κ3) is 11.8. The maximum absolute atomic E-state index is 14.5. The summed E-state index contributed by atoms with van der Waals surface area (Å²) in [4.78, 5) is 78.7. The number of thiophene rings is 1. The van der Waals surface area contributed by atoms with Crippen LogP contribution in [0.15, 0.2) is 47.5 Å². The van der Waals surface area contributed by atoms with Crippen LogP contribution in [0.3, 0.4) is 0 Å². The molecular weight excluding hydrogens is 986 g/mol. The highest BCUT2D eigenvalue weighted by molar-refractivity contribution is 7.15. The molecule has 5 heterocycles. The van der Waals surface area contributed by atoms with Gasteiger partial charge in [0.2, 0.25) is 17.7 Å². The minimum Gasteiger partial charge on any atom is -0.497 e. The van der Waals surface area contributed by atoms with E-state index in [9.17, 15) is 24.0 Å². The van der Waals surface area contributed by atoms with Gasteiger partial charge in [0, 0.05) is 78.8 Å². The van der Waals surface area contributed by atoms with Crippen molar-refractivity contribution in [3.63, 3.8) is 0 Å². The summed E-state index contributed by atoms with van der Waals surface area (Å²) < 4.78 is 20.8. The number of fused-ring (bicyclic) bond motifs is 4. The van der Waals surface area contributed by atoms with Gasteiger partial charge in [-0.05, 0) is 83.3 Å². The van der Waals surface area contributed by atoms with Gasteiger partial charge in [0.05, 0.1) is 62.8 Å². The number of methoxy groups -OCH3 is 1. The molecule has 5 amide bonds. The fourth-order valence-corrected chi connectivity index (χ4v) is 11.4. The number of nitrogens with one attached hydrogen (secondary N) is 4. The second-order valence-electron chi connectivity index (χ2n) is 19.1. The highest BCUT2D eigenvalue weighted by atomic mass is 35.5. The third-order valence-electron chi connectivity index (χ3n) is 14.4. The second-order valence-corrected chi connectivity index (χ2v) is 20.8. The van der Waals surface area contributed by atoms with Gasteiger partial charge in [0.25, 0.3) is 11.8 Å². The smallest absolute Gasteiger partial charge is 0.271 e. The average Bonchev–Trinajstić information content (AvgIpc) is 4.02. The molecule has 1 saturated heterocycles. The van der Waals surface area contributed by atoms with Gasteiger partial charge >= 0.3 is 0 Å². The lowest BCUT2D eigenvalue weighted by molar-refractivity contribution is -0.140. The average molecular weight is 1050 g/mol. The summed E-state index contributed by atoms with van der Waals surface area (Å²) in [5, 5.41) is 22.9. The molecule has 3 aromatic heterocycles. The first-order chi connectivity index (χ1) is 35.7. The molecule has 4 N–H and O–H groups in total. The standard InChI is InChI=1S/C53H68ClN11O8S/c1-31-33(3)74-53-43(31)45(36-13-15-37(54)16-14-36)58-40(48-61-60-34(4)65(48)53)30-42(66)56-19-25-72-27-28-73-26-20-57-50(68)44-39-18-17-38(71-7)29-41(39)62(6)47(44)52(70)64-23-21-63(22-24-64)51(69)46(35-11-9-8-10-12-35)59-49(67)32(2)55-5/h13-18,29,32,35,40,46,55H,8-12,19-28,30H2,1-7H3,(H,56,66)(H,57,68)(H,59,67)/t32-,40-,46-/m0/s1. The summed E-state index contributed by atoms with van der Waals surface area (Å²) >= 11 is 7.90. The Morgan fingerprint density at radius 1 is 0.865 bits per heavy atom. The first kappa shape index (κ1) is 54.1. The molecule has 74 heavy (non-hydrogen) atoms. The van der Waals surface area contributed by atoms with Crippen LogP contribution in [0.1, 0.15) is 106 Å². The molecule has 19 nitrogen and oxygen atoms in total. The van der Waals surface area contributed by atoms with Gasteiger partial charge in [-0.1, -0.05) is 43.0 Å². The molecule has 2 aromatic carbocycles. The molecule has 1 aliphatic carbocycles. The van der Waals surface area contributed by atoms with E-state index in [1.807, 2.05) is 35.8 Å². The molecular formula is C53H68ClN11O8S. The van der Waals surface area contributed by atoms with Crippen molar-refractivity contribution < 1.29 is 38.2 Å². The Kier molecular flexibility index (Phi) is 17.9. The Bertz CT molecular complexity index is 2880. The summed E-state index contributed by atoms with van der Waals surface area (Å²) in [5.41, 5.74) is 4.90. The SMILES string of the molecule is CN[C@@H](C)C(=O)N[C@H](C(=O)N1CCN(C(=O)c2c(C(=O)NCCOCCOCCNC(=O)C[C@@H]3N=C(c4ccc(Cl)cc4)c4c(sc(C)c4C)-n4c(C)nnc43)c3ccc(OC)cc3n2C)CC1)C1CCCCC1. The van der Waals surface area contributed by atoms with Crippen molar-refractivity contribution in [2.45, 2.75) is 84.3 Å². The fraction of sp³-hybridized carbons (Fsp3) is 0.509. The summed E-state index contributed by atoms with van der Waals surface area (Å²) in [6, 6.07) is 11.2. The van der Waals surface area contributed by atoms with Crippen LogP contribution in [0, 0.1) is 26.7 Å². The van der Waals surface area contributed by atoms with Crippen molar-refractivity contribution in [2.75, 3.05) is 79.9 Å². The summed E-state index contributed by atoms with van der Waals surface area (Å²) in [5.74, 6) is 0.652. The zero-order chi connectivity index (χ0) is 52.6. The van der Waals surface area contributed by atoms with E-state index in [1.54, 1.807) is 72.0 Å². The number of amides is 5. The first-order valence-corrected chi connectivity index (χ1v) is 26.7. The number of rotatable bonds is 20. The van der Waals surface area contributed by atoms with Crippen molar-refractivity contribution in [2.24, 2.45) is 18.0 Å². The van der Waals surface area contributed by atoms with Crippen molar-refractivity contribution in [3.8, 4) is 10.8 Å². The monoisotopic (exact) mass is 1050 g/mol. The molecule has 0 unspecified atom stereocenters. The molecule has 0 spiro atoms. The number of hydrogen-bond donors (Lipinski definition) is 4. The fourth-order valence-electron chi connectivity index (χ4n) is 10.0. The Morgan fingerprint density at radius 3 is 2.22 bits per heavy atom. The molecule has 3 aliphatic rings. The Labute approximate surface area is 440 Å². The van der Waals surface area contributed by atoms with Crippen molar-refractivity contribution >= 4 is 69.1 Å². The van der Waals surface area contributed by atoms with Crippen LogP contribution in [-0.4, -0.2) is 156 Å². The highest BCUT2D eigenvalue weighted by Gasteiger charge is 2.38. The predicted molar refractivity (Wildman–Crippen MR) is 284 cm³/mol. The number of carbonyl (C=O) groups is 5. The quantitative estimate of drug-likeness (QED) is 0.0741. The normalized spacial score (nSPS) is 16.7. The van der Waals surface area contributed by atoms with E-state index in [-0.39, 0.29) is 99.8 Å². The van der Waals surface area contributed by atoms with Gasteiger partial charge in [-0.25, -0.2) is 0 Å². The van der Waals surface area contributed by atoms with Crippen molar-refractivity contribution in [1.82, 2.24) is 50.4 Å². The third-order valence-corrected chi connectivity index (χ3v) is 15.9. The number of halogens is 1. The molecule has 0 radical (unpaired) electrons. The van der Waals surface area contributed by atoms with E-state index in [0.717, 1.165) is 64.4 Å². The number of ether oxygens (including phenoxy) is 3. The van der Waals surface area contributed by atoms with Crippen LogP contribution < -0.4 is 26.0 Å². The second kappa shape index (κ2) is 24.4. The van der Waals surface area contributed by atoms with Crippen LogP contribution in [0.25, 0.3) is 15.9 Å². The van der Waals surface area contributed by atoms with E-state index in [0.29, 0.717) is 46.4 Å². The number of piperazine rings is 1. The van der Waals surface area contributed by atoms with E-state index in [2.05, 4.69) is 45.3 Å². The number of aryl methyl sites for hydroxylation is 3. The first-order valence-electron chi connectivity index (χ1n) is 25.5. The van der Waals surface area contributed by atoms with Gasteiger partial charge in [-0.3, -0.25) is 33.5 Å². The lowest BCUT2D eigenvalue weighted by Crippen LogP contribution is -2.59. The van der Waals surface area contributed by atoms with E-state index >= 15 is 0 Å². The van der Waals surface area contributed by atoms with E-state index in [1.165, 1.54) is 0 Å². The van der Waals surface area contributed by atoms with Gasteiger partial charge in [-0.15, -0.1) is 21.5 Å². The number of nitrogens with zero attached hydrogens (tertiary/aromatic N) is 7. The minimum atomic E-state index is -0.628. The molecule has 8 rings (SSSR count). The van der Waals surface area contributed by atoms with Crippen LogP contribution >= 0.6 is 22.9 Å². The minimum absolute atomic E-state index is 0.0553. The predicted octanol–water partition coefficient (Wildman–Crippen LogP) is 5.23. The Morgan fingerprint density at radius 2 is 1.54 bits per heavy atom.